The summed E-state index contributed by atoms with van der Waals surface area (Å²) in [5, 5.41) is 18.0. The molecule has 102 valence electrons. The van der Waals surface area contributed by atoms with E-state index < -0.39 is 0 Å². The number of benzene rings is 2. The summed E-state index contributed by atoms with van der Waals surface area (Å²) < 4.78 is 0. The van der Waals surface area contributed by atoms with Crippen LogP contribution in [-0.4, -0.2) is 0 Å². The molecule has 0 aliphatic heterocycles. The van der Waals surface area contributed by atoms with Gasteiger partial charge in [-0.15, -0.1) is 0 Å². The fraction of sp³-hybridized carbons (Fsp3) is 0.158. The second kappa shape index (κ2) is 6.55. The quantitative estimate of drug-likeness (QED) is 0.777. The summed E-state index contributed by atoms with van der Waals surface area (Å²) in [6.45, 7) is 4.08. The van der Waals surface area contributed by atoms with Crippen molar-refractivity contribution in [3.63, 3.8) is 0 Å². The van der Waals surface area contributed by atoms with E-state index in [0.717, 1.165) is 11.1 Å². The van der Waals surface area contributed by atoms with Gasteiger partial charge in [-0.2, -0.15) is 10.5 Å². The van der Waals surface area contributed by atoms with Crippen LogP contribution < -0.4 is 0 Å². The predicted octanol–water partition coefficient (Wildman–Crippen LogP) is 4.41. The highest BCUT2D eigenvalue weighted by molar-refractivity contribution is 5.45. The minimum atomic E-state index is -0.0829. The third-order valence-electron chi connectivity index (χ3n) is 3.45. The predicted molar refractivity (Wildman–Crippen MR) is 83.5 cm³/mol. The summed E-state index contributed by atoms with van der Waals surface area (Å²) in [5.41, 5.74) is 4.67. The zero-order chi connectivity index (χ0) is 15.2. The molecule has 21 heavy (non-hydrogen) atoms. The summed E-state index contributed by atoms with van der Waals surface area (Å²) in [5.74, 6) is -0.0829. The van der Waals surface area contributed by atoms with E-state index in [9.17, 15) is 0 Å². The standard InChI is InChI=1S/C19H16N2/c1-14-3-7-17(8-4-14)19(11-16(12-20)13-21)18-9-5-15(2)6-10-18/h3-11,19H,1-2H3. The number of hydrogen-bond acceptors (Lipinski definition) is 2. The summed E-state index contributed by atoms with van der Waals surface area (Å²) >= 11 is 0. The van der Waals surface area contributed by atoms with Gasteiger partial charge in [0.1, 0.15) is 17.7 Å². The number of hydrogen-bond donors (Lipinski definition) is 0. The van der Waals surface area contributed by atoms with Crippen molar-refractivity contribution in [3.8, 4) is 12.1 Å². The minimum Gasteiger partial charge on any atom is -0.192 e. The maximum Gasteiger partial charge on any atom is 0.126 e. The third kappa shape index (κ3) is 3.59. The van der Waals surface area contributed by atoms with Crippen LogP contribution in [0, 0.1) is 36.5 Å². The Morgan fingerprint density at radius 1 is 0.810 bits per heavy atom. The highest BCUT2D eigenvalue weighted by Gasteiger charge is 2.13. The Hall–Kier alpha value is -2.84. The summed E-state index contributed by atoms with van der Waals surface area (Å²) in [6.07, 6.45) is 1.73. The number of aryl methyl sites for hydroxylation is 2. The lowest BCUT2D eigenvalue weighted by Gasteiger charge is -2.14. The molecule has 0 bridgehead atoms. The van der Waals surface area contributed by atoms with Gasteiger partial charge in [0, 0.05) is 5.92 Å². The molecular weight excluding hydrogens is 256 g/mol. The molecule has 0 fully saturated rings. The topological polar surface area (TPSA) is 47.6 Å². The molecule has 0 unspecified atom stereocenters. The molecule has 0 amide bonds. The van der Waals surface area contributed by atoms with E-state index in [1.165, 1.54) is 11.1 Å². The van der Waals surface area contributed by atoms with Crippen LogP contribution in [0.4, 0.5) is 0 Å². The maximum atomic E-state index is 9.02. The first-order valence-corrected chi connectivity index (χ1v) is 6.79. The van der Waals surface area contributed by atoms with Gasteiger partial charge >= 0.3 is 0 Å². The van der Waals surface area contributed by atoms with Gasteiger partial charge < -0.3 is 0 Å². The van der Waals surface area contributed by atoms with Crippen LogP contribution in [0.3, 0.4) is 0 Å². The van der Waals surface area contributed by atoms with Crippen LogP contribution in [0.1, 0.15) is 28.2 Å². The molecule has 0 atom stereocenters. The van der Waals surface area contributed by atoms with Crippen LogP contribution in [0.15, 0.2) is 60.2 Å². The number of nitriles is 2. The largest absolute Gasteiger partial charge is 0.192 e. The van der Waals surface area contributed by atoms with E-state index in [4.69, 9.17) is 10.5 Å². The van der Waals surface area contributed by atoms with Gasteiger partial charge in [-0.25, -0.2) is 0 Å². The van der Waals surface area contributed by atoms with Crippen molar-refractivity contribution in [2.24, 2.45) is 0 Å². The zero-order valence-electron chi connectivity index (χ0n) is 12.2. The molecule has 2 heteroatoms. The Morgan fingerprint density at radius 2 is 1.19 bits per heavy atom. The number of nitrogens with zero attached hydrogens (tertiary/aromatic N) is 2. The Bertz CT molecular complexity index is 662. The van der Waals surface area contributed by atoms with E-state index in [1.54, 1.807) is 6.08 Å². The molecule has 0 aliphatic rings. The highest BCUT2D eigenvalue weighted by Crippen LogP contribution is 2.27. The van der Waals surface area contributed by atoms with Crippen molar-refractivity contribution in [2.75, 3.05) is 0 Å². The van der Waals surface area contributed by atoms with Crippen molar-refractivity contribution < 1.29 is 0 Å². The Morgan fingerprint density at radius 3 is 1.52 bits per heavy atom. The Kier molecular flexibility index (Phi) is 4.54. The minimum absolute atomic E-state index is 0.0829. The smallest absolute Gasteiger partial charge is 0.126 e. The summed E-state index contributed by atoms with van der Waals surface area (Å²) in [6, 6.07) is 20.2. The molecule has 2 nitrogen and oxygen atoms in total. The molecule has 0 aliphatic carbocycles. The average Bonchev–Trinajstić information content (AvgIpc) is 2.51. The third-order valence-corrected chi connectivity index (χ3v) is 3.45. The molecule has 0 N–H and O–H groups in total. The highest BCUT2D eigenvalue weighted by atomic mass is 14.3. The normalized spacial score (nSPS) is 9.76. The molecule has 2 aromatic carbocycles. The van der Waals surface area contributed by atoms with Gasteiger partial charge in [0.15, 0.2) is 0 Å². The molecular formula is C19H16N2. The van der Waals surface area contributed by atoms with E-state index in [2.05, 4.69) is 0 Å². The van der Waals surface area contributed by atoms with Gasteiger partial charge in [-0.1, -0.05) is 59.7 Å². The lowest BCUT2D eigenvalue weighted by atomic mass is 9.89. The van der Waals surface area contributed by atoms with E-state index in [0.29, 0.717) is 0 Å². The average molecular weight is 272 g/mol. The van der Waals surface area contributed by atoms with Gasteiger partial charge in [-0.05, 0) is 31.1 Å². The molecule has 2 rings (SSSR count). The van der Waals surface area contributed by atoms with Crippen molar-refractivity contribution in [1.29, 1.82) is 10.5 Å². The lowest BCUT2D eigenvalue weighted by molar-refractivity contribution is 1.02. The number of allylic oxidation sites excluding steroid dienone is 2. The van der Waals surface area contributed by atoms with Gasteiger partial charge in [0.05, 0.1) is 0 Å². The lowest BCUT2D eigenvalue weighted by Crippen LogP contribution is -1.99. The second-order valence-electron chi connectivity index (χ2n) is 5.10. The molecule has 0 radical (unpaired) electrons. The van der Waals surface area contributed by atoms with E-state index in [1.807, 2.05) is 74.5 Å². The monoisotopic (exact) mass is 272 g/mol. The van der Waals surface area contributed by atoms with E-state index >= 15 is 0 Å². The van der Waals surface area contributed by atoms with E-state index in [-0.39, 0.29) is 11.5 Å². The molecule has 0 saturated heterocycles. The van der Waals surface area contributed by atoms with Crippen LogP contribution in [0.5, 0.6) is 0 Å². The van der Waals surface area contributed by atoms with Crippen LogP contribution in [-0.2, 0) is 0 Å². The Balaban J connectivity index is 2.52. The molecule has 0 spiro atoms. The van der Waals surface area contributed by atoms with Gasteiger partial charge in [-0.3, -0.25) is 0 Å². The zero-order valence-corrected chi connectivity index (χ0v) is 12.2. The van der Waals surface area contributed by atoms with Crippen molar-refractivity contribution in [2.45, 2.75) is 19.8 Å². The van der Waals surface area contributed by atoms with Gasteiger partial charge in [0.25, 0.3) is 0 Å². The first-order valence-electron chi connectivity index (χ1n) is 6.79. The molecule has 0 heterocycles. The fourth-order valence-corrected chi connectivity index (χ4v) is 2.20. The van der Waals surface area contributed by atoms with Crippen LogP contribution >= 0.6 is 0 Å². The second-order valence-corrected chi connectivity index (χ2v) is 5.10. The van der Waals surface area contributed by atoms with Crippen molar-refractivity contribution in [3.05, 3.63) is 82.4 Å². The van der Waals surface area contributed by atoms with Gasteiger partial charge in [0.2, 0.25) is 0 Å². The van der Waals surface area contributed by atoms with Crippen LogP contribution in [0.25, 0.3) is 0 Å². The number of rotatable bonds is 3. The fourth-order valence-electron chi connectivity index (χ4n) is 2.20. The SMILES string of the molecule is Cc1ccc(C(C=C(C#N)C#N)c2ccc(C)cc2)cc1. The van der Waals surface area contributed by atoms with Crippen LogP contribution in [0.2, 0.25) is 0 Å². The Labute approximate surface area is 125 Å². The van der Waals surface area contributed by atoms with Crippen molar-refractivity contribution in [1.82, 2.24) is 0 Å². The molecule has 0 saturated carbocycles. The summed E-state index contributed by atoms with van der Waals surface area (Å²) in [4.78, 5) is 0. The van der Waals surface area contributed by atoms with Crippen molar-refractivity contribution >= 4 is 0 Å². The first-order chi connectivity index (χ1) is 10.1. The molecule has 0 aromatic heterocycles. The maximum absolute atomic E-state index is 9.02. The first kappa shape index (κ1) is 14.6. The summed E-state index contributed by atoms with van der Waals surface area (Å²) in [7, 11) is 0. The molecule has 2 aromatic rings.